The summed E-state index contributed by atoms with van der Waals surface area (Å²) in [5, 5.41) is 10.4. The number of nitrogens with zero attached hydrogens (tertiary/aromatic N) is 2. The average Bonchev–Trinajstić information content (AvgIpc) is 2.51. The second kappa shape index (κ2) is 6.13. The zero-order chi connectivity index (χ0) is 17.4. The van der Waals surface area contributed by atoms with Gasteiger partial charge < -0.3 is 5.11 Å². The molecule has 2 aromatic carbocycles. The molecule has 0 radical (unpaired) electrons. The maximum Gasteiger partial charge on any atom is 0.261 e. The largest absolute Gasteiger partial charge is 0.387 e. The van der Waals surface area contributed by atoms with Gasteiger partial charge in [-0.3, -0.25) is 9.36 Å². The maximum absolute atomic E-state index is 13.4. The van der Waals surface area contributed by atoms with Gasteiger partial charge in [0, 0.05) is 6.07 Å². The number of aliphatic hydroxyl groups is 1. The molecule has 0 saturated carbocycles. The van der Waals surface area contributed by atoms with Crippen molar-refractivity contribution in [3.63, 3.8) is 0 Å². The molecule has 1 unspecified atom stereocenters. The predicted octanol–water partition coefficient (Wildman–Crippen LogP) is 3.03. The second-order valence-corrected chi connectivity index (χ2v) is 5.92. The summed E-state index contributed by atoms with van der Waals surface area (Å²) in [5.41, 5.74) is 2.25. The van der Waals surface area contributed by atoms with Crippen LogP contribution < -0.4 is 5.56 Å². The summed E-state index contributed by atoms with van der Waals surface area (Å²) in [6.45, 7) is 3.82. The van der Waals surface area contributed by atoms with E-state index >= 15 is 0 Å². The highest BCUT2D eigenvalue weighted by molar-refractivity contribution is 5.77. The Morgan fingerprint density at radius 2 is 1.71 bits per heavy atom. The number of benzene rings is 2. The Labute approximate surface area is 137 Å². The first kappa shape index (κ1) is 16.3. The fourth-order valence-corrected chi connectivity index (χ4v) is 2.78. The third-order valence-electron chi connectivity index (χ3n) is 3.86. The number of aromatic nitrogens is 2. The molecule has 0 amide bonds. The van der Waals surface area contributed by atoms with Gasteiger partial charge in [0.2, 0.25) is 0 Å². The van der Waals surface area contributed by atoms with E-state index in [1.54, 1.807) is 0 Å². The van der Waals surface area contributed by atoms with Gasteiger partial charge in [0.25, 0.3) is 5.56 Å². The lowest BCUT2D eigenvalue weighted by Crippen LogP contribution is -2.24. The Balaban J connectivity index is 1.99. The van der Waals surface area contributed by atoms with Crippen molar-refractivity contribution in [3.05, 3.63) is 75.3 Å². The van der Waals surface area contributed by atoms with Crippen LogP contribution in [-0.4, -0.2) is 14.7 Å². The molecule has 124 valence electrons. The topological polar surface area (TPSA) is 55.1 Å². The molecule has 1 N–H and O–H groups in total. The van der Waals surface area contributed by atoms with E-state index < -0.39 is 23.3 Å². The van der Waals surface area contributed by atoms with Crippen LogP contribution in [-0.2, 0) is 6.54 Å². The molecule has 0 fully saturated rings. The van der Waals surface area contributed by atoms with Gasteiger partial charge in [-0.15, -0.1) is 0 Å². The van der Waals surface area contributed by atoms with Gasteiger partial charge in [-0.2, -0.15) is 0 Å². The van der Waals surface area contributed by atoms with Gasteiger partial charge in [-0.05, 0) is 25.5 Å². The smallest absolute Gasteiger partial charge is 0.261 e. The summed E-state index contributed by atoms with van der Waals surface area (Å²) in [4.78, 5) is 16.4. The van der Waals surface area contributed by atoms with Crippen LogP contribution in [0.3, 0.4) is 0 Å². The van der Waals surface area contributed by atoms with Crippen LogP contribution in [0.5, 0.6) is 0 Å². The van der Waals surface area contributed by atoms with Crippen LogP contribution in [0.2, 0.25) is 0 Å². The number of hydrogen-bond acceptors (Lipinski definition) is 3. The molecule has 0 aliphatic heterocycles. The van der Waals surface area contributed by atoms with E-state index in [1.165, 1.54) is 10.9 Å². The van der Waals surface area contributed by atoms with Crippen molar-refractivity contribution in [2.24, 2.45) is 0 Å². The van der Waals surface area contributed by atoms with Crippen molar-refractivity contribution in [2.75, 3.05) is 0 Å². The average molecular weight is 330 g/mol. The fraction of sp³-hybridized carbons (Fsp3) is 0.222. The van der Waals surface area contributed by atoms with E-state index in [0.29, 0.717) is 5.56 Å². The lowest BCUT2D eigenvalue weighted by atomic mass is 10.0. The molecule has 24 heavy (non-hydrogen) atoms. The molecule has 1 aromatic heterocycles. The Morgan fingerprint density at radius 3 is 2.38 bits per heavy atom. The summed E-state index contributed by atoms with van der Waals surface area (Å²) in [6.07, 6.45) is 0.319. The number of hydrogen-bond donors (Lipinski definition) is 1. The summed E-state index contributed by atoms with van der Waals surface area (Å²) in [5.74, 6) is -2.16. The molecular formula is C18H16F2N2O2. The van der Waals surface area contributed by atoms with E-state index in [-0.39, 0.29) is 17.4 Å². The number of fused-ring (bicyclic) bond motifs is 1. The van der Waals surface area contributed by atoms with Gasteiger partial charge in [0.15, 0.2) is 11.6 Å². The van der Waals surface area contributed by atoms with Crippen LogP contribution in [0.4, 0.5) is 8.78 Å². The molecule has 0 bridgehead atoms. The van der Waals surface area contributed by atoms with Crippen LogP contribution in [0, 0.1) is 25.5 Å². The Hall–Kier alpha value is -2.60. The maximum atomic E-state index is 13.4. The third kappa shape index (κ3) is 3.05. The summed E-state index contributed by atoms with van der Waals surface area (Å²) in [7, 11) is 0. The van der Waals surface area contributed by atoms with E-state index in [9.17, 15) is 18.7 Å². The first-order chi connectivity index (χ1) is 11.3. The summed E-state index contributed by atoms with van der Waals surface area (Å²) in [6, 6.07) is 7.38. The number of aliphatic hydroxyl groups excluding tert-OH is 1. The number of aryl methyl sites for hydroxylation is 2. The summed E-state index contributed by atoms with van der Waals surface area (Å²) < 4.78 is 27.8. The quantitative estimate of drug-likeness (QED) is 0.803. The minimum absolute atomic E-state index is 0.0241. The van der Waals surface area contributed by atoms with Crippen molar-refractivity contribution in [1.29, 1.82) is 0 Å². The molecule has 0 aliphatic rings. The Bertz CT molecular complexity index is 962. The molecular weight excluding hydrogens is 314 g/mol. The Morgan fingerprint density at radius 1 is 1.08 bits per heavy atom. The lowest BCUT2D eigenvalue weighted by Gasteiger charge is -2.14. The highest BCUT2D eigenvalue weighted by atomic mass is 19.2. The monoisotopic (exact) mass is 330 g/mol. The molecule has 1 atom stereocenters. The third-order valence-corrected chi connectivity index (χ3v) is 3.86. The van der Waals surface area contributed by atoms with Crippen molar-refractivity contribution < 1.29 is 13.9 Å². The zero-order valence-electron chi connectivity index (χ0n) is 13.3. The second-order valence-electron chi connectivity index (χ2n) is 5.92. The number of halogens is 2. The predicted molar refractivity (Wildman–Crippen MR) is 86.8 cm³/mol. The van der Waals surface area contributed by atoms with Gasteiger partial charge in [0.05, 0.1) is 29.9 Å². The van der Waals surface area contributed by atoms with Crippen molar-refractivity contribution in [1.82, 2.24) is 9.55 Å². The molecule has 6 heteroatoms. The molecule has 4 nitrogen and oxygen atoms in total. The van der Waals surface area contributed by atoms with Crippen molar-refractivity contribution >= 4 is 10.9 Å². The minimum atomic E-state index is -1.10. The standard InChI is InChI=1S/C18H16F2N2O2/c1-10-3-11(2)5-12(4-10)17(23)8-22-9-21-16-7-15(20)14(19)6-13(16)18(22)24/h3-7,9,17,23H,8H2,1-2H3. The lowest BCUT2D eigenvalue weighted by molar-refractivity contribution is 0.154. The molecule has 3 aromatic rings. The van der Waals surface area contributed by atoms with E-state index in [0.717, 1.165) is 23.3 Å². The number of rotatable bonds is 3. The first-order valence-corrected chi connectivity index (χ1v) is 7.45. The minimum Gasteiger partial charge on any atom is -0.387 e. The van der Waals surface area contributed by atoms with E-state index in [4.69, 9.17) is 0 Å². The molecule has 0 aliphatic carbocycles. The van der Waals surface area contributed by atoms with Crippen LogP contribution in [0.15, 0.2) is 41.5 Å². The summed E-state index contributed by atoms with van der Waals surface area (Å²) >= 11 is 0. The van der Waals surface area contributed by atoms with E-state index in [2.05, 4.69) is 4.98 Å². The Kier molecular flexibility index (Phi) is 4.15. The van der Waals surface area contributed by atoms with Gasteiger partial charge >= 0.3 is 0 Å². The highest BCUT2D eigenvalue weighted by Crippen LogP contribution is 2.19. The normalized spacial score (nSPS) is 12.5. The first-order valence-electron chi connectivity index (χ1n) is 7.45. The zero-order valence-corrected chi connectivity index (χ0v) is 13.3. The van der Waals surface area contributed by atoms with Crippen molar-refractivity contribution in [3.8, 4) is 0 Å². The van der Waals surface area contributed by atoms with Crippen LogP contribution in [0.25, 0.3) is 10.9 Å². The van der Waals surface area contributed by atoms with Gasteiger partial charge in [-0.1, -0.05) is 29.3 Å². The van der Waals surface area contributed by atoms with Crippen LogP contribution >= 0.6 is 0 Å². The highest BCUT2D eigenvalue weighted by Gasteiger charge is 2.14. The van der Waals surface area contributed by atoms with Crippen LogP contribution in [0.1, 0.15) is 22.8 Å². The van der Waals surface area contributed by atoms with E-state index in [1.807, 2.05) is 32.0 Å². The molecule has 0 saturated heterocycles. The van der Waals surface area contributed by atoms with Crippen molar-refractivity contribution in [2.45, 2.75) is 26.5 Å². The SMILES string of the molecule is Cc1cc(C)cc(C(O)Cn2cnc3cc(F)c(F)cc3c2=O)c1. The fourth-order valence-electron chi connectivity index (χ4n) is 2.78. The molecule has 0 spiro atoms. The molecule has 1 heterocycles. The molecule has 3 rings (SSSR count). The van der Waals surface area contributed by atoms with Gasteiger partial charge in [0.1, 0.15) is 0 Å². The van der Waals surface area contributed by atoms with Gasteiger partial charge in [-0.25, -0.2) is 13.8 Å².